The highest BCUT2D eigenvalue weighted by molar-refractivity contribution is 5.97. The summed E-state index contributed by atoms with van der Waals surface area (Å²) in [6.07, 6.45) is 6.93. The first-order valence-corrected chi connectivity index (χ1v) is 10.1. The molecule has 0 spiro atoms. The summed E-state index contributed by atoms with van der Waals surface area (Å²) in [4.78, 5) is 23.6. The molecule has 30 heavy (non-hydrogen) atoms. The van der Waals surface area contributed by atoms with Crippen LogP contribution in [0.25, 0.3) is 5.69 Å². The fraction of sp³-hybridized carbons (Fsp3) is 0.318. The van der Waals surface area contributed by atoms with E-state index in [2.05, 4.69) is 26.2 Å². The molecule has 1 amide bonds. The van der Waals surface area contributed by atoms with Gasteiger partial charge in [0.2, 0.25) is 0 Å². The first-order chi connectivity index (χ1) is 14.7. The minimum atomic E-state index is -0.00747. The van der Waals surface area contributed by atoms with Crippen LogP contribution in [-0.4, -0.2) is 56.5 Å². The number of pyridine rings is 1. The largest absolute Gasteiger partial charge is 0.352 e. The van der Waals surface area contributed by atoms with Crippen molar-refractivity contribution in [1.29, 1.82) is 5.26 Å². The fourth-order valence-electron chi connectivity index (χ4n) is 4.59. The fourth-order valence-corrected chi connectivity index (χ4v) is 4.59. The Hall–Kier alpha value is -3.73. The molecule has 8 nitrogen and oxygen atoms in total. The van der Waals surface area contributed by atoms with Gasteiger partial charge in [-0.1, -0.05) is 12.1 Å². The van der Waals surface area contributed by atoms with Gasteiger partial charge < -0.3 is 9.80 Å². The number of carbonyl (C=O) groups excluding carboxylic acids is 1. The second-order valence-corrected chi connectivity index (χ2v) is 7.70. The highest BCUT2D eigenvalue weighted by Crippen LogP contribution is 2.35. The van der Waals surface area contributed by atoms with Crippen LogP contribution < -0.4 is 4.90 Å². The summed E-state index contributed by atoms with van der Waals surface area (Å²) in [5, 5.41) is 17.6. The van der Waals surface area contributed by atoms with Crippen LogP contribution in [0.5, 0.6) is 0 Å². The van der Waals surface area contributed by atoms with Crippen LogP contribution in [0.2, 0.25) is 0 Å². The molecule has 2 saturated heterocycles. The zero-order chi connectivity index (χ0) is 20.5. The third-order valence-electron chi connectivity index (χ3n) is 6.09. The molecule has 0 saturated carbocycles. The van der Waals surface area contributed by atoms with Crippen LogP contribution in [0.1, 0.15) is 28.8 Å². The van der Waals surface area contributed by atoms with Crippen LogP contribution >= 0.6 is 0 Å². The quantitative estimate of drug-likeness (QED) is 0.671. The third-order valence-corrected chi connectivity index (χ3v) is 6.09. The zero-order valence-corrected chi connectivity index (χ0v) is 16.4. The molecule has 3 aromatic rings. The highest BCUT2D eigenvalue weighted by atomic mass is 16.2. The van der Waals surface area contributed by atoms with Crippen molar-refractivity contribution in [3.8, 4) is 11.8 Å². The van der Waals surface area contributed by atoms with E-state index in [0.717, 1.165) is 31.7 Å². The third kappa shape index (κ3) is 3.18. The number of hydrogen-bond acceptors (Lipinski definition) is 6. The van der Waals surface area contributed by atoms with Gasteiger partial charge in [0.25, 0.3) is 5.91 Å². The van der Waals surface area contributed by atoms with Gasteiger partial charge in [0.15, 0.2) is 0 Å². The molecule has 2 aliphatic heterocycles. The molecular formula is C22H21N7O. The minimum Gasteiger partial charge on any atom is -0.352 e. The molecule has 4 heterocycles. The molecule has 0 aliphatic carbocycles. The number of anilines is 1. The van der Waals surface area contributed by atoms with Gasteiger partial charge in [-0.05, 0) is 43.0 Å². The normalized spacial score (nSPS) is 20.6. The summed E-state index contributed by atoms with van der Waals surface area (Å²) in [6.45, 7) is 2.27. The van der Waals surface area contributed by atoms with E-state index in [1.54, 1.807) is 24.7 Å². The topological polar surface area (TPSA) is 90.9 Å². The Balaban J connectivity index is 1.40. The Bertz CT molecular complexity index is 1100. The Morgan fingerprint density at radius 2 is 1.87 bits per heavy atom. The molecule has 2 fully saturated rings. The van der Waals surface area contributed by atoms with E-state index < -0.39 is 0 Å². The Kier molecular flexibility index (Phi) is 4.64. The standard InChI is InChI=1S/C22H21N7O/c23-14-16-5-8-24-21(13-16)28-12-7-17-6-11-27(15-20(17)28)22(30)18-3-1-2-4-19(18)29-25-9-10-26-29/h1-5,8-10,13,17,20H,6-7,11-12,15H2. The lowest BCUT2D eigenvalue weighted by atomic mass is 9.91. The number of para-hydroxylation sites is 1. The molecule has 5 rings (SSSR count). The van der Waals surface area contributed by atoms with Crippen molar-refractivity contribution >= 4 is 11.7 Å². The number of aromatic nitrogens is 4. The van der Waals surface area contributed by atoms with Gasteiger partial charge in [-0.2, -0.15) is 20.3 Å². The lowest BCUT2D eigenvalue weighted by molar-refractivity contribution is 0.0678. The van der Waals surface area contributed by atoms with Crippen molar-refractivity contribution in [3.63, 3.8) is 0 Å². The molecular weight excluding hydrogens is 378 g/mol. The summed E-state index contributed by atoms with van der Waals surface area (Å²) in [7, 11) is 0. The van der Waals surface area contributed by atoms with E-state index >= 15 is 0 Å². The van der Waals surface area contributed by atoms with E-state index in [4.69, 9.17) is 0 Å². The molecule has 2 aliphatic rings. The first-order valence-electron chi connectivity index (χ1n) is 10.1. The number of rotatable bonds is 3. The van der Waals surface area contributed by atoms with E-state index in [-0.39, 0.29) is 11.9 Å². The molecule has 2 atom stereocenters. The van der Waals surface area contributed by atoms with Crippen molar-refractivity contribution in [2.24, 2.45) is 5.92 Å². The second-order valence-electron chi connectivity index (χ2n) is 7.70. The van der Waals surface area contributed by atoms with Gasteiger partial charge >= 0.3 is 0 Å². The highest BCUT2D eigenvalue weighted by Gasteiger charge is 2.40. The van der Waals surface area contributed by atoms with Crippen molar-refractivity contribution < 1.29 is 4.79 Å². The van der Waals surface area contributed by atoms with Crippen LogP contribution in [-0.2, 0) is 0 Å². The van der Waals surface area contributed by atoms with Crippen molar-refractivity contribution in [3.05, 3.63) is 66.1 Å². The van der Waals surface area contributed by atoms with Crippen LogP contribution in [0.3, 0.4) is 0 Å². The maximum atomic E-state index is 13.4. The monoisotopic (exact) mass is 399 g/mol. The van der Waals surface area contributed by atoms with Crippen molar-refractivity contribution in [2.75, 3.05) is 24.5 Å². The summed E-state index contributed by atoms with van der Waals surface area (Å²) < 4.78 is 0. The molecule has 150 valence electrons. The first kappa shape index (κ1) is 18.3. The number of piperidine rings is 1. The van der Waals surface area contributed by atoms with E-state index in [0.29, 0.717) is 29.3 Å². The Morgan fingerprint density at radius 3 is 2.70 bits per heavy atom. The van der Waals surface area contributed by atoms with Crippen LogP contribution in [0.4, 0.5) is 5.82 Å². The Labute approximate surface area is 174 Å². The smallest absolute Gasteiger partial charge is 0.256 e. The second kappa shape index (κ2) is 7.59. The predicted molar refractivity (Wildman–Crippen MR) is 110 cm³/mol. The Morgan fingerprint density at radius 1 is 1.07 bits per heavy atom. The molecule has 0 N–H and O–H groups in total. The number of nitriles is 1. The molecule has 2 aromatic heterocycles. The lowest BCUT2D eigenvalue weighted by Crippen LogP contribution is -2.50. The number of likely N-dealkylation sites (tertiary alicyclic amines) is 1. The zero-order valence-electron chi connectivity index (χ0n) is 16.4. The average molecular weight is 399 g/mol. The lowest BCUT2D eigenvalue weighted by Gasteiger charge is -2.39. The van der Waals surface area contributed by atoms with E-state index in [1.807, 2.05) is 35.2 Å². The van der Waals surface area contributed by atoms with Gasteiger partial charge in [0.1, 0.15) is 5.82 Å². The van der Waals surface area contributed by atoms with Gasteiger partial charge in [0, 0.05) is 25.8 Å². The number of benzene rings is 1. The van der Waals surface area contributed by atoms with Gasteiger partial charge in [-0.15, -0.1) is 0 Å². The number of carbonyl (C=O) groups is 1. The summed E-state index contributed by atoms with van der Waals surface area (Å²) in [5.41, 5.74) is 1.88. The number of nitrogens with zero attached hydrogens (tertiary/aromatic N) is 7. The van der Waals surface area contributed by atoms with Crippen molar-refractivity contribution in [2.45, 2.75) is 18.9 Å². The maximum Gasteiger partial charge on any atom is 0.256 e. The van der Waals surface area contributed by atoms with Gasteiger partial charge in [-0.3, -0.25) is 4.79 Å². The van der Waals surface area contributed by atoms with E-state index in [1.165, 1.54) is 4.80 Å². The van der Waals surface area contributed by atoms with Crippen LogP contribution in [0, 0.1) is 17.2 Å². The number of fused-ring (bicyclic) bond motifs is 1. The molecule has 0 bridgehead atoms. The van der Waals surface area contributed by atoms with Crippen LogP contribution in [0.15, 0.2) is 55.0 Å². The van der Waals surface area contributed by atoms with Gasteiger partial charge in [-0.25, -0.2) is 4.98 Å². The SMILES string of the molecule is N#Cc1ccnc(N2CCC3CCN(C(=O)c4ccccc4-n4nccn4)CC32)c1. The molecule has 8 heteroatoms. The van der Waals surface area contributed by atoms with E-state index in [9.17, 15) is 10.1 Å². The molecule has 2 unspecified atom stereocenters. The van der Waals surface area contributed by atoms with Gasteiger partial charge in [0.05, 0.1) is 41.3 Å². The average Bonchev–Trinajstić information content (AvgIpc) is 3.48. The maximum absolute atomic E-state index is 13.4. The minimum absolute atomic E-state index is 0.00747. The molecule has 1 aromatic carbocycles. The predicted octanol–water partition coefficient (Wildman–Crippen LogP) is 2.27. The summed E-state index contributed by atoms with van der Waals surface area (Å²) in [6, 6.07) is 13.4. The number of hydrogen-bond donors (Lipinski definition) is 0. The summed E-state index contributed by atoms with van der Waals surface area (Å²) in [5.74, 6) is 1.34. The number of amides is 1. The summed E-state index contributed by atoms with van der Waals surface area (Å²) >= 11 is 0. The van der Waals surface area contributed by atoms with Crippen molar-refractivity contribution in [1.82, 2.24) is 24.9 Å². The molecule has 0 radical (unpaired) electrons.